The van der Waals surface area contributed by atoms with Crippen LogP contribution in [0.4, 0.5) is 5.69 Å². The van der Waals surface area contributed by atoms with Crippen molar-refractivity contribution in [3.63, 3.8) is 0 Å². The average molecular weight is 201 g/mol. The fourth-order valence-electron chi connectivity index (χ4n) is 1.88. The Morgan fingerprint density at radius 2 is 2.33 bits per heavy atom. The van der Waals surface area contributed by atoms with E-state index in [0.717, 1.165) is 18.7 Å². The summed E-state index contributed by atoms with van der Waals surface area (Å²) in [5.74, 6) is 0. The van der Waals surface area contributed by atoms with E-state index in [9.17, 15) is 0 Å². The molecule has 0 aliphatic carbocycles. The van der Waals surface area contributed by atoms with E-state index in [-0.39, 0.29) is 0 Å². The number of hydrogen-bond acceptors (Lipinski definition) is 4. The smallest absolute Gasteiger partial charge is 0.143 e. The van der Waals surface area contributed by atoms with Gasteiger partial charge < -0.3 is 5.32 Å². The van der Waals surface area contributed by atoms with Gasteiger partial charge in [-0.25, -0.2) is 4.68 Å². The Bertz CT molecular complexity index is 463. The largest absolute Gasteiger partial charge is 0.385 e. The number of anilines is 1. The van der Waals surface area contributed by atoms with Crippen molar-refractivity contribution in [2.24, 2.45) is 0 Å². The molecule has 5 nitrogen and oxygen atoms in total. The summed E-state index contributed by atoms with van der Waals surface area (Å²) < 4.78 is 1.68. The van der Waals surface area contributed by atoms with Crippen LogP contribution < -0.4 is 5.32 Å². The predicted molar refractivity (Wildman–Crippen MR) is 56.0 cm³/mol. The number of hydrogen-bond donors (Lipinski definition) is 1. The molecule has 0 bridgehead atoms. The van der Waals surface area contributed by atoms with Crippen molar-refractivity contribution in [2.45, 2.75) is 12.8 Å². The van der Waals surface area contributed by atoms with Crippen molar-refractivity contribution in [1.82, 2.24) is 20.2 Å². The van der Waals surface area contributed by atoms with Crippen LogP contribution in [-0.4, -0.2) is 26.8 Å². The Kier molecular flexibility index (Phi) is 1.87. The Labute approximate surface area is 87.1 Å². The third-order valence-corrected chi connectivity index (χ3v) is 2.64. The van der Waals surface area contributed by atoms with E-state index in [1.54, 1.807) is 11.0 Å². The van der Waals surface area contributed by atoms with Gasteiger partial charge >= 0.3 is 0 Å². The molecule has 1 aromatic carbocycles. The van der Waals surface area contributed by atoms with Crippen molar-refractivity contribution >= 4 is 5.69 Å². The lowest BCUT2D eigenvalue weighted by molar-refractivity contribution is 0.782. The van der Waals surface area contributed by atoms with Crippen molar-refractivity contribution in [2.75, 3.05) is 11.9 Å². The zero-order chi connectivity index (χ0) is 10.1. The number of nitrogens with zero attached hydrogens (tertiary/aromatic N) is 4. The molecular weight excluding hydrogens is 190 g/mol. The summed E-state index contributed by atoms with van der Waals surface area (Å²) in [7, 11) is 0. The fourth-order valence-corrected chi connectivity index (χ4v) is 1.88. The maximum absolute atomic E-state index is 3.87. The molecule has 2 heterocycles. The van der Waals surface area contributed by atoms with Gasteiger partial charge in [-0.05, 0) is 47.0 Å². The van der Waals surface area contributed by atoms with E-state index in [2.05, 4.69) is 33.0 Å². The van der Waals surface area contributed by atoms with Gasteiger partial charge in [-0.3, -0.25) is 0 Å². The molecule has 1 aromatic heterocycles. The normalized spacial score (nSPS) is 14.4. The first-order chi connectivity index (χ1) is 7.43. The molecule has 1 N–H and O–H groups in total. The molecule has 5 heteroatoms. The topological polar surface area (TPSA) is 55.6 Å². The van der Waals surface area contributed by atoms with Gasteiger partial charge in [0.1, 0.15) is 6.33 Å². The van der Waals surface area contributed by atoms with Crippen LogP contribution in [0, 0.1) is 0 Å². The molecule has 0 fully saturated rings. The maximum Gasteiger partial charge on any atom is 0.143 e. The monoisotopic (exact) mass is 201 g/mol. The summed E-state index contributed by atoms with van der Waals surface area (Å²) in [6, 6.07) is 6.25. The van der Waals surface area contributed by atoms with Crippen LogP contribution in [0.25, 0.3) is 5.69 Å². The van der Waals surface area contributed by atoms with Crippen LogP contribution in [0.2, 0.25) is 0 Å². The molecule has 0 amide bonds. The van der Waals surface area contributed by atoms with E-state index in [0.29, 0.717) is 0 Å². The molecule has 0 spiro atoms. The SMILES string of the molecule is c1cc2c(cc1-n1cnnn1)CCCN2. The van der Waals surface area contributed by atoms with Crippen LogP contribution in [0.5, 0.6) is 0 Å². The molecule has 0 saturated heterocycles. The molecule has 76 valence electrons. The number of rotatable bonds is 1. The van der Waals surface area contributed by atoms with Crippen LogP contribution in [-0.2, 0) is 6.42 Å². The zero-order valence-corrected chi connectivity index (χ0v) is 8.22. The lowest BCUT2D eigenvalue weighted by Crippen LogP contribution is -2.12. The van der Waals surface area contributed by atoms with Gasteiger partial charge in [0.2, 0.25) is 0 Å². The molecule has 15 heavy (non-hydrogen) atoms. The van der Waals surface area contributed by atoms with Crippen LogP contribution in [0.1, 0.15) is 12.0 Å². The van der Waals surface area contributed by atoms with Crippen molar-refractivity contribution in [1.29, 1.82) is 0 Å². The summed E-state index contributed by atoms with van der Waals surface area (Å²) in [4.78, 5) is 0. The predicted octanol–water partition coefficient (Wildman–Crippen LogP) is 1.02. The highest BCUT2D eigenvalue weighted by molar-refractivity contribution is 5.57. The maximum atomic E-state index is 3.87. The lowest BCUT2D eigenvalue weighted by Gasteiger charge is -2.18. The molecule has 0 atom stereocenters. The molecule has 3 rings (SSSR count). The van der Waals surface area contributed by atoms with E-state index >= 15 is 0 Å². The Morgan fingerprint density at radius 1 is 1.33 bits per heavy atom. The summed E-state index contributed by atoms with van der Waals surface area (Å²) in [6.45, 7) is 1.07. The first-order valence-corrected chi connectivity index (χ1v) is 5.04. The molecule has 0 saturated carbocycles. The average Bonchev–Trinajstić information content (AvgIpc) is 2.82. The van der Waals surface area contributed by atoms with Gasteiger partial charge in [-0.2, -0.15) is 0 Å². The van der Waals surface area contributed by atoms with Gasteiger partial charge in [0, 0.05) is 12.2 Å². The summed E-state index contributed by atoms with van der Waals surface area (Å²) in [5, 5.41) is 14.5. The zero-order valence-electron chi connectivity index (χ0n) is 8.22. The summed E-state index contributed by atoms with van der Waals surface area (Å²) in [5.41, 5.74) is 3.59. The first kappa shape index (κ1) is 8.40. The number of aromatic nitrogens is 4. The standard InChI is InChI=1S/C10H11N5/c1-2-8-6-9(15-7-12-13-14-15)3-4-10(8)11-5-1/h3-4,6-7,11H,1-2,5H2. The van der Waals surface area contributed by atoms with Crippen molar-refractivity contribution in [3.8, 4) is 5.69 Å². The molecule has 1 aliphatic rings. The van der Waals surface area contributed by atoms with E-state index < -0.39 is 0 Å². The molecule has 0 unspecified atom stereocenters. The minimum atomic E-state index is 1.02. The first-order valence-electron chi connectivity index (χ1n) is 5.04. The Balaban J connectivity index is 2.04. The second-order valence-electron chi connectivity index (χ2n) is 3.63. The van der Waals surface area contributed by atoms with Crippen LogP contribution >= 0.6 is 0 Å². The minimum absolute atomic E-state index is 1.02. The lowest BCUT2D eigenvalue weighted by atomic mass is 10.0. The Morgan fingerprint density at radius 3 is 3.20 bits per heavy atom. The fraction of sp³-hybridized carbons (Fsp3) is 0.300. The van der Waals surface area contributed by atoms with Gasteiger partial charge in [0.05, 0.1) is 5.69 Å². The van der Waals surface area contributed by atoms with Gasteiger partial charge in [0.15, 0.2) is 0 Å². The van der Waals surface area contributed by atoms with Crippen LogP contribution in [0.15, 0.2) is 24.5 Å². The highest BCUT2D eigenvalue weighted by atomic mass is 15.5. The second-order valence-corrected chi connectivity index (χ2v) is 3.63. The molecule has 0 radical (unpaired) electrons. The number of tetrazole rings is 1. The van der Waals surface area contributed by atoms with E-state index in [1.165, 1.54) is 17.7 Å². The second kappa shape index (κ2) is 3.34. The number of nitrogens with one attached hydrogen (secondary N) is 1. The Hall–Kier alpha value is -1.91. The quantitative estimate of drug-likeness (QED) is 0.748. The van der Waals surface area contributed by atoms with Crippen LogP contribution in [0.3, 0.4) is 0 Å². The summed E-state index contributed by atoms with van der Waals surface area (Å²) >= 11 is 0. The third-order valence-electron chi connectivity index (χ3n) is 2.64. The van der Waals surface area contributed by atoms with Crippen molar-refractivity contribution in [3.05, 3.63) is 30.1 Å². The highest BCUT2D eigenvalue weighted by Gasteiger charge is 2.09. The van der Waals surface area contributed by atoms with Crippen molar-refractivity contribution < 1.29 is 0 Å². The molecular formula is C10H11N5. The van der Waals surface area contributed by atoms with Gasteiger partial charge in [-0.15, -0.1) is 5.10 Å². The molecule has 1 aliphatic heterocycles. The highest BCUT2D eigenvalue weighted by Crippen LogP contribution is 2.23. The van der Waals surface area contributed by atoms with E-state index in [4.69, 9.17) is 0 Å². The van der Waals surface area contributed by atoms with E-state index in [1.807, 2.05) is 6.07 Å². The number of fused-ring (bicyclic) bond motifs is 1. The number of aryl methyl sites for hydroxylation is 1. The molecule has 2 aromatic rings. The van der Waals surface area contributed by atoms with Gasteiger partial charge in [0.25, 0.3) is 0 Å². The third kappa shape index (κ3) is 1.45. The number of benzene rings is 1. The summed E-state index contributed by atoms with van der Waals surface area (Å²) in [6.07, 6.45) is 3.92. The minimum Gasteiger partial charge on any atom is -0.385 e. The van der Waals surface area contributed by atoms with Gasteiger partial charge in [-0.1, -0.05) is 0 Å².